The lowest BCUT2D eigenvalue weighted by Crippen LogP contribution is -2.62. The summed E-state index contributed by atoms with van der Waals surface area (Å²) in [6, 6.07) is 0. The van der Waals surface area contributed by atoms with Gasteiger partial charge in [0.1, 0.15) is 18.0 Å². The maximum Gasteiger partial charge on any atom is 0.378 e. The van der Waals surface area contributed by atoms with Crippen LogP contribution >= 0.6 is 0 Å². The Bertz CT molecular complexity index is 927. The summed E-state index contributed by atoms with van der Waals surface area (Å²) < 4.78 is 30.8. The van der Waals surface area contributed by atoms with E-state index < -0.39 is 59.0 Å². The zero-order chi connectivity index (χ0) is 23.6. The van der Waals surface area contributed by atoms with Crippen LogP contribution in [-0.2, 0) is 19.1 Å². The Morgan fingerprint density at radius 1 is 1.25 bits per heavy atom. The summed E-state index contributed by atoms with van der Waals surface area (Å²) in [5, 5.41) is 32.0. The standard InChI is InChI=1S/C23H28F2O7/c1-21-9-15(28)18-13(14(21)5-6-23(21,31)16(29)10-26)4-3-11-7-12(27)8-17(22(11,18)2)32-20(30)19(24)25/h7-8,13-15,18-19,26,28,31H,3-6,9-10H2,1-2H3/t13-,14-,15-,18+,21-,22+,23-/m0/s1. The van der Waals surface area contributed by atoms with Gasteiger partial charge in [-0.3, -0.25) is 9.59 Å². The van der Waals surface area contributed by atoms with Crippen LogP contribution in [0.5, 0.6) is 0 Å². The van der Waals surface area contributed by atoms with E-state index in [-0.39, 0.29) is 30.4 Å². The summed E-state index contributed by atoms with van der Waals surface area (Å²) in [4.78, 5) is 36.4. The summed E-state index contributed by atoms with van der Waals surface area (Å²) in [5.41, 5.74) is -3.27. The first-order chi connectivity index (χ1) is 14.9. The van der Waals surface area contributed by atoms with Crippen LogP contribution in [0.2, 0.25) is 0 Å². The number of hydrogen-bond acceptors (Lipinski definition) is 7. The largest absolute Gasteiger partial charge is 0.426 e. The maximum absolute atomic E-state index is 12.9. The number of hydrogen-bond donors (Lipinski definition) is 3. The van der Waals surface area contributed by atoms with Gasteiger partial charge in [-0.15, -0.1) is 0 Å². The van der Waals surface area contributed by atoms with Crippen molar-refractivity contribution in [3.8, 4) is 0 Å². The monoisotopic (exact) mass is 454 g/mol. The lowest BCUT2D eigenvalue weighted by atomic mass is 9.45. The number of esters is 1. The predicted molar refractivity (Wildman–Crippen MR) is 106 cm³/mol. The Morgan fingerprint density at radius 2 is 1.94 bits per heavy atom. The molecule has 0 aromatic carbocycles. The zero-order valence-corrected chi connectivity index (χ0v) is 18.0. The number of ether oxygens (including phenoxy) is 1. The minimum absolute atomic E-state index is 0.0496. The van der Waals surface area contributed by atoms with Gasteiger partial charge in [-0.1, -0.05) is 12.5 Å². The van der Waals surface area contributed by atoms with E-state index in [9.17, 15) is 38.5 Å². The van der Waals surface area contributed by atoms with Crippen molar-refractivity contribution < 1.29 is 43.2 Å². The van der Waals surface area contributed by atoms with E-state index in [1.54, 1.807) is 13.8 Å². The first kappa shape index (κ1) is 23.2. The zero-order valence-electron chi connectivity index (χ0n) is 18.0. The molecule has 3 saturated carbocycles. The fourth-order valence-electron chi connectivity index (χ4n) is 7.28. The molecule has 4 aliphatic carbocycles. The topological polar surface area (TPSA) is 121 Å². The normalized spacial score (nSPS) is 43.1. The molecule has 7 nitrogen and oxygen atoms in total. The molecule has 3 N–H and O–H groups in total. The number of alkyl halides is 2. The smallest absolute Gasteiger partial charge is 0.378 e. The van der Waals surface area contributed by atoms with Crippen LogP contribution in [0, 0.1) is 28.6 Å². The van der Waals surface area contributed by atoms with Gasteiger partial charge < -0.3 is 20.1 Å². The van der Waals surface area contributed by atoms with E-state index in [1.807, 2.05) is 0 Å². The first-order valence-electron chi connectivity index (χ1n) is 10.9. The number of ketones is 2. The van der Waals surface area contributed by atoms with Crippen molar-refractivity contribution in [2.75, 3.05) is 6.61 Å². The highest BCUT2D eigenvalue weighted by Gasteiger charge is 2.69. The Balaban J connectivity index is 1.76. The molecule has 0 unspecified atom stereocenters. The van der Waals surface area contributed by atoms with Gasteiger partial charge in [0.2, 0.25) is 0 Å². The van der Waals surface area contributed by atoms with Crippen molar-refractivity contribution in [3.05, 3.63) is 23.5 Å². The molecule has 0 saturated heterocycles. The number of aliphatic hydroxyl groups excluding tert-OH is 2. The average Bonchev–Trinajstić information content (AvgIpc) is 2.99. The third kappa shape index (κ3) is 2.97. The first-order valence-corrected chi connectivity index (χ1v) is 10.9. The van der Waals surface area contributed by atoms with Crippen molar-refractivity contribution in [1.29, 1.82) is 0 Å². The molecule has 4 aliphatic rings. The van der Waals surface area contributed by atoms with Crippen molar-refractivity contribution in [3.63, 3.8) is 0 Å². The molecule has 0 aromatic heterocycles. The van der Waals surface area contributed by atoms with Crippen LogP contribution in [0.1, 0.15) is 46.0 Å². The summed E-state index contributed by atoms with van der Waals surface area (Å²) in [6.07, 6.45) is -0.279. The Morgan fingerprint density at radius 3 is 2.56 bits per heavy atom. The van der Waals surface area contributed by atoms with Crippen LogP contribution in [0.4, 0.5) is 8.78 Å². The lowest BCUT2D eigenvalue weighted by Gasteiger charge is -2.60. The van der Waals surface area contributed by atoms with Crippen LogP contribution in [-0.4, -0.2) is 57.6 Å². The van der Waals surface area contributed by atoms with Gasteiger partial charge in [0.15, 0.2) is 11.6 Å². The third-order valence-corrected chi connectivity index (χ3v) is 8.78. The predicted octanol–water partition coefficient (Wildman–Crippen LogP) is 1.69. The fourth-order valence-corrected chi connectivity index (χ4v) is 7.28. The van der Waals surface area contributed by atoms with E-state index in [0.717, 1.165) is 6.08 Å². The highest BCUT2D eigenvalue weighted by Crippen LogP contribution is 2.68. The van der Waals surface area contributed by atoms with Gasteiger partial charge in [-0.2, -0.15) is 8.78 Å². The molecule has 7 atom stereocenters. The second-order valence-electron chi connectivity index (χ2n) is 10.0. The molecule has 176 valence electrons. The number of rotatable bonds is 4. The highest BCUT2D eigenvalue weighted by molar-refractivity contribution is 6.02. The number of aliphatic hydroxyl groups is 3. The maximum atomic E-state index is 12.9. The molecular weight excluding hydrogens is 426 g/mol. The Labute approximate surface area is 184 Å². The molecular formula is C23H28F2O7. The van der Waals surface area contributed by atoms with Crippen molar-refractivity contribution >= 4 is 17.5 Å². The van der Waals surface area contributed by atoms with E-state index in [4.69, 9.17) is 4.74 Å². The van der Waals surface area contributed by atoms with E-state index >= 15 is 0 Å². The van der Waals surface area contributed by atoms with Crippen molar-refractivity contribution in [2.24, 2.45) is 28.6 Å². The van der Waals surface area contributed by atoms with Crippen LogP contribution in [0.3, 0.4) is 0 Å². The van der Waals surface area contributed by atoms with Gasteiger partial charge in [0, 0.05) is 17.4 Å². The molecule has 0 aromatic rings. The number of fused-ring (bicyclic) bond motifs is 5. The summed E-state index contributed by atoms with van der Waals surface area (Å²) in [5.74, 6) is -4.04. The van der Waals surface area contributed by atoms with Gasteiger partial charge in [0.25, 0.3) is 0 Å². The van der Waals surface area contributed by atoms with Crippen molar-refractivity contribution in [1.82, 2.24) is 0 Å². The average molecular weight is 454 g/mol. The van der Waals surface area contributed by atoms with Crippen LogP contribution in [0.25, 0.3) is 0 Å². The lowest BCUT2D eigenvalue weighted by molar-refractivity contribution is -0.183. The van der Waals surface area contributed by atoms with Gasteiger partial charge in [-0.25, -0.2) is 4.79 Å². The quantitative estimate of drug-likeness (QED) is 0.553. The van der Waals surface area contributed by atoms with Gasteiger partial charge in [0.05, 0.1) is 11.5 Å². The number of halogens is 2. The second-order valence-corrected chi connectivity index (χ2v) is 10.0. The molecule has 0 spiro atoms. The molecule has 4 rings (SSSR count). The Kier molecular flexibility index (Phi) is 5.46. The van der Waals surface area contributed by atoms with Crippen LogP contribution in [0.15, 0.2) is 23.5 Å². The second kappa shape index (κ2) is 7.53. The molecule has 0 radical (unpaired) electrons. The molecule has 0 amide bonds. The Hall–Kier alpha value is -1.97. The number of Topliss-reactive ketones (excluding diaryl/α,β-unsaturated/α-hetero) is 1. The summed E-state index contributed by atoms with van der Waals surface area (Å²) in [6.45, 7) is 2.65. The molecule has 32 heavy (non-hydrogen) atoms. The highest BCUT2D eigenvalue weighted by atomic mass is 19.3. The number of allylic oxidation sites excluding steroid dienone is 3. The van der Waals surface area contributed by atoms with E-state index in [0.29, 0.717) is 24.8 Å². The summed E-state index contributed by atoms with van der Waals surface area (Å²) in [7, 11) is 0. The number of carbonyl (C=O) groups is 3. The molecule has 0 bridgehead atoms. The van der Waals surface area contributed by atoms with Gasteiger partial charge in [-0.05, 0) is 56.9 Å². The van der Waals surface area contributed by atoms with E-state index in [1.165, 1.54) is 6.08 Å². The minimum Gasteiger partial charge on any atom is -0.426 e. The molecule has 3 fully saturated rings. The summed E-state index contributed by atoms with van der Waals surface area (Å²) >= 11 is 0. The minimum atomic E-state index is -3.36. The number of carbonyl (C=O) groups excluding carboxylic acids is 3. The van der Waals surface area contributed by atoms with Gasteiger partial charge >= 0.3 is 12.4 Å². The molecule has 0 aliphatic heterocycles. The fraction of sp³-hybridized carbons (Fsp3) is 0.696. The van der Waals surface area contributed by atoms with Crippen molar-refractivity contribution in [2.45, 2.75) is 64.1 Å². The van der Waals surface area contributed by atoms with E-state index in [2.05, 4.69) is 0 Å². The SMILES string of the molecule is C[C@@]12C(=CC(=O)C=C1OC(=O)C(F)F)CC[C@@H]1[C@@H]2[C@@H](O)C[C@@]2(C)[C@H]1CC[C@]2(O)C(=O)CO. The molecule has 9 heteroatoms. The third-order valence-electron chi connectivity index (χ3n) is 8.78. The van der Waals surface area contributed by atoms with Crippen LogP contribution < -0.4 is 0 Å². The molecule has 0 heterocycles.